The summed E-state index contributed by atoms with van der Waals surface area (Å²) in [6.45, 7) is 10.8. The lowest BCUT2D eigenvalue weighted by Gasteiger charge is -2.35. The molecule has 1 saturated heterocycles. The fraction of sp³-hybridized carbons (Fsp3) is 1.00. The fourth-order valence-electron chi connectivity index (χ4n) is 2.49. The first-order chi connectivity index (χ1) is 7.17. The summed E-state index contributed by atoms with van der Waals surface area (Å²) in [6, 6.07) is 0.656. The van der Waals surface area contributed by atoms with Crippen LogP contribution in [0.1, 0.15) is 40.0 Å². The number of likely N-dealkylation sites (tertiary alicyclic amines) is 1. The molecule has 0 aliphatic carbocycles. The van der Waals surface area contributed by atoms with Gasteiger partial charge in [0.15, 0.2) is 0 Å². The quantitative estimate of drug-likeness (QED) is 0.752. The van der Waals surface area contributed by atoms with E-state index >= 15 is 0 Å². The molecule has 1 aliphatic rings. The molecule has 0 saturated carbocycles. The third kappa shape index (κ3) is 4.12. The van der Waals surface area contributed by atoms with Crippen LogP contribution in [0.4, 0.5) is 0 Å². The van der Waals surface area contributed by atoms with Gasteiger partial charge in [0.05, 0.1) is 0 Å². The minimum Gasteiger partial charge on any atom is -0.315 e. The molecule has 15 heavy (non-hydrogen) atoms. The molecule has 0 amide bonds. The molecule has 1 aliphatic heterocycles. The highest BCUT2D eigenvalue weighted by Gasteiger charge is 2.21. The molecule has 1 heterocycles. The minimum absolute atomic E-state index is 0.656. The Morgan fingerprint density at radius 1 is 1.27 bits per heavy atom. The average Bonchev–Trinajstić information content (AvgIpc) is 2.26. The van der Waals surface area contributed by atoms with Crippen molar-refractivity contribution in [2.24, 2.45) is 11.8 Å². The van der Waals surface area contributed by atoms with Crippen LogP contribution < -0.4 is 5.32 Å². The third-order valence-electron chi connectivity index (χ3n) is 3.91. The Morgan fingerprint density at radius 3 is 2.27 bits per heavy atom. The van der Waals surface area contributed by atoms with Crippen LogP contribution in [0, 0.1) is 11.8 Å². The normalized spacial score (nSPS) is 22.2. The minimum atomic E-state index is 0.656. The Hall–Kier alpha value is -0.0800. The average molecular weight is 212 g/mol. The molecule has 0 radical (unpaired) electrons. The maximum atomic E-state index is 3.43. The van der Waals surface area contributed by atoms with Crippen LogP contribution in [0.5, 0.6) is 0 Å². The molecule has 1 fully saturated rings. The third-order valence-corrected chi connectivity index (χ3v) is 3.91. The van der Waals surface area contributed by atoms with E-state index in [4.69, 9.17) is 0 Å². The smallest absolute Gasteiger partial charge is 0.0214 e. The van der Waals surface area contributed by atoms with Crippen molar-refractivity contribution in [1.82, 2.24) is 10.2 Å². The summed E-state index contributed by atoms with van der Waals surface area (Å²) in [4.78, 5) is 2.63. The van der Waals surface area contributed by atoms with Gasteiger partial charge in [0.2, 0.25) is 0 Å². The lowest BCUT2D eigenvalue weighted by Crippen LogP contribution is -2.45. The van der Waals surface area contributed by atoms with Crippen LogP contribution in [0.3, 0.4) is 0 Å². The van der Waals surface area contributed by atoms with Gasteiger partial charge in [-0.2, -0.15) is 0 Å². The van der Waals surface area contributed by atoms with E-state index < -0.39 is 0 Å². The van der Waals surface area contributed by atoms with E-state index in [2.05, 4.69) is 38.0 Å². The van der Waals surface area contributed by atoms with Crippen molar-refractivity contribution in [3.63, 3.8) is 0 Å². The molecular weight excluding hydrogens is 184 g/mol. The standard InChI is InChI=1S/C13H28N2/c1-5-12-6-8-15(9-7-12)10-13(14-4)11(2)3/h11-14H,5-10H2,1-4H3. The van der Waals surface area contributed by atoms with Gasteiger partial charge in [-0.3, -0.25) is 0 Å². The summed E-state index contributed by atoms with van der Waals surface area (Å²) >= 11 is 0. The fourth-order valence-corrected chi connectivity index (χ4v) is 2.49. The molecular formula is C13H28N2. The summed E-state index contributed by atoms with van der Waals surface area (Å²) in [5, 5.41) is 3.43. The topological polar surface area (TPSA) is 15.3 Å². The zero-order valence-corrected chi connectivity index (χ0v) is 10.9. The molecule has 0 aromatic heterocycles. The zero-order valence-electron chi connectivity index (χ0n) is 10.9. The molecule has 0 aromatic carbocycles. The molecule has 0 aromatic rings. The molecule has 1 N–H and O–H groups in total. The summed E-state index contributed by atoms with van der Waals surface area (Å²) in [5.74, 6) is 1.73. The maximum Gasteiger partial charge on any atom is 0.0214 e. The van der Waals surface area contributed by atoms with Gasteiger partial charge in [0.25, 0.3) is 0 Å². The van der Waals surface area contributed by atoms with Gasteiger partial charge in [-0.1, -0.05) is 27.2 Å². The Balaban J connectivity index is 2.28. The summed E-state index contributed by atoms with van der Waals surface area (Å²) in [6.07, 6.45) is 4.18. The largest absolute Gasteiger partial charge is 0.315 e. The first kappa shape index (κ1) is 13.0. The van der Waals surface area contributed by atoms with Crippen LogP contribution in [0.2, 0.25) is 0 Å². The summed E-state index contributed by atoms with van der Waals surface area (Å²) in [7, 11) is 2.09. The van der Waals surface area contributed by atoms with Crippen LogP contribution in [0.15, 0.2) is 0 Å². The second-order valence-corrected chi connectivity index (χ2v) is 5.29. The Kier molecular flexibility index (Phi) is 5.62. The van der Waals surface area contributed by atoms with Crippen molar-refractivity contribution in [3.05, 3.63) is 0 Å². The SMILES string of the molecule is CCC1CCN(CC(NC)C(C)C)CC1. The van der Waals surface area contributed by atoms with Crippen molar-refractivity contribution in [3.8, 4) is 0 Å². The molecule has 2 heteroatoms. The van der Waals surface area contributed by atoms with Crippen LogP contribution >= 0.6 is 0 Å². The second kappa shape index (κ2) is 6.49. The second-order valence-electron chi connectivity index (χ2n) is 5.29. The van der Waals surface area contributed by atoms with Crippen molar-refractivity contribution < 1.29 is 0 Å². The lowest BCUT2D eigenvalue weighted by molar-refractivity contribution is 0.157. The summed E-state index contributed by atoms with van der Waals surface area (Å²) in [5.41, 5.74) is 0. The number of likely N-dealkylation sites (N-methyl/N-ethyl adjacent to an activating group) is 1. The van der Waals surface area contributed by atoms with E-state index in [1.807, 2.05) is 0 Å². The number of rotatable bonds is 5. The van der Waals surface area contributed by atoms with Crippen molar-refractivity contribution in [2.45, 2.75) is 46.1 Å². The highest BCUT2D eigenvalue weighted by atomic mass is 15.2. The van der Waals surface area contributed by atoms with Crippen LogP contribution in [-0.2, 0) is 0 Å². The van der Waals surface area contributed by atoms with E-state index in [9.17, 15) is 0 Å². The van der Waals surface area contributed by atoms with Gasteiger partial charge in [-0.05, 0) is 44.8 Å². The van der Waals surface area contributed by atoms with E-state index in [1.165, 1.54) is 38.9 Å². The van der Waals surface area contributed by atoms with Crippen LogP contribution in [0.25, 0.3) is 0 Å². The van der Waals surface area contributed by atoms with Gasteiger partial charge < -0.3 is 10.2 Å². The van der Waals surface area contributed by atoms with Crippen molar-refractivity contribution >= 4 is 0 Å². The van der Waals surface area contributed by atoms with Gasteiger partial charge in [0.1, 0.15) is 0 Å². The van der Waals surface area contributed by atoms with Crippen molar-refractivity contribution in [2.75, 3.05) is 26.7 Å². The van der Waals surface area contributed by atoms with Gasteiger partial charge in [-0.25, -0.2) is 0 Å². The Morgan fingerprint density at radius 2 is 1.87 bits per heavy atom. The highest BCUT2D eigenvalue weighted by Crippen LogP contribution is 2.20. The van der Waals surface area contributed by atoms with E-state index in [0.717, 1.165) is 11.8 Å². The molecule has 0 spiro atoms. The van der Waals surface area contributed by atoms with E-state index in [-0.39, 0.29) is 0 Å². The Bertz CT molecular complexity index is 160. The van der Waals surface area contributed by atoms with E-state index in [0.29, 0.717) is 6.04 Å². The van der Waals surface area contributed by atoms with Gasteiger partial charge >= 0.3 is 0 Å². The lowest BCUT2D eigenvalue weighted by atomic mass is 9.93. The molecule has 1 unspecified atom stereocenters. The first-order valence-corrected chi connectivity index (χ1v) is 6.57. The number of hydrogen-bond acceptors (Lipinski definition) is 2. The van der Waals surface area contributed by atoms with Gasteiger partial charge in [-0.15, -0.1) is 0 Å². The predicted octanol–water partition coefficient (Wildman–Crippen LogP) is 2.35. The molecule has 2 nitrogen and oxygen atoms in total. The molecule has 90 valence electrons. The molecule has 1 rings (SSSR count). The summed E-state index contributed by atoms with van der Waals surface area (Å²) < 4.78 is 0. The number of nitrogens with zero attached hydrogens (tertiary/aromatic N) is 1. The Labute approximate surface area is 95.4 Å². The maximum absolute atomic E-state index is 3.43. The monoisotopic (exact) mass is 212 g/mol. The molecule has 0 bridgehead atoms. The van der Waals surface area contributed by atoms with E-state index in [1.54, 1.807) is 0 Å². The number of hydrogen-bond donors (Lipinski definition) is 1. The van der Waals surface area contributed by atoms with Gasteiger partial charge in [0, 0.05) is 12.6 Å². The molecule has 1 atom stereocenters. The first-order valence-electron chi connectivity index (χ1n) is 6.57. The predicted molar refractivity (Wildman–Crippen MR) is 67.1 cm³/mol. The van der Waals surface area contributed by atoms with Crippen molar-refractivity contribution in [1.29, 1.82) is 0 Å². The zero-order chi connectivity index (χ0) is 11.3. The highest BCUT2D eigenvalue weighted by molar-refractivity contribution is 4.77. The number of piperidine rings is 1. The number of nitrogens with one attached hydrogen (secondary N) is 1. The van der Waals surface area contributed by atoms with Crippen LogP contribution in [-0.4, -0.2) is 37.6 Å².